The Balaban J connectivity index is 1.64. The summed E-state index contributed by atoms with van der Waals surface area (Å²) in [5.74, 6) is 0.564. The fourth-order valence-electron chi connectivity index (χ4n) is 4.08. The molecule has 2 fully saturated rings. The summed E-state index contributed by atoms with van der Waals surface area (Å²) in [5.41, 5.74) is 0.928. The van der Waals surface area contributed by atoms with E-state index in [0.29, 0.717) is 32.8 Å². The van der Waals surface area contributed by atoms with Crippen molar-refractivity contribution in [3.63, 3.8) is 0 Å². The van der Waals surface area contributed by atoms with Crippen molar-refractivity contribution in [3.8, 4) is 0 Å². The second-order valence-electron chi connectivity index (χ2n) is 8.02. The second kappa shape index (κ2) is 9.96. The number of rotatable bonds is 8. The fraction of sp³-hybridized carbons (Fsp3) is 0.478. The third-order valence-corrected chi connectivity index (χ3v) is 7.17. The first-order valence-corrected chi connectivity index (χ1v) is 12.3. The van der Waals surface area contributed by atoms with Gasteiger partial charge in [-0.05, 0) is 37.5 Å². The minimum Gasteiger partial charge on any atom is -0.356 e. The van der Waals surface area contributed by atoms with Crippen LogP contribution in [0.4, 0.5) is 5.82 Å². The summed E-state index contributed by atoms with van der Waals surface area (Å²) >= 11 is 6.76. The van der Waals surface area contributed by atoms with Crippen molar-refractivity contribution in [1.82, 2.24) is 14.3 Å². The highest BCUT2D eigenvalue weighted by molar-refractivity contribution is 8.26. The van der Waals surface area contributed by atoms with Crippen LogP contribution < -0.4 is 10.5 Å². The Hall–Kier alpha value is -2.19. The van der Waals surface area contributed by atoms with Gasteiger partial charge in [0.25, 0.3) is 11.5 Å². The van der Waals surface area contributed by atoms with E-state index < -0.39 is 0 Å². The lowest BCUT2D eigenvalue weighted by molar-refractivity contribution is -0.122. The highest BCUT2D eigenvalue weighted by Gasteiger charge is 2.32. The predicted molar refractivity (Wildman–Crippen MR) is 132 cm³/mol. The van der Waals surface area contributed by atoms with E-state index in [2.05, 4.69) is 11.8 Å². The van der Waals surface area contributed by atoms with E-state index in [9.17, 15) is 9.59 Å². The maximum Gasteiger partial charge on any atom is 0.267 e. The molecule has 0 bridgehead atoms. The molecule has 4 rings (SSSR count). The third-order valence-electron chi connectivity index (χ3n) is 5.79. The lowest BCUT2D eigenvalue weighted by Gasteiger charge is -2.19. The summed E-state index contributed by atoms with van der Waals surface area (Å²) in [6, 6.07) is 5.52. The molecule has 31 heavy (non-hydrogen) atoms. The Morgan fingerprint density at radius 3 is 2.68 bits per heavy atom. The van der Waals surface area contributed by atoms with E-state index in [1.165, 1.54) is 31.0 Å². The summed E-state index contributed by atoms with van der Waals surface area (Å²) in [6.07, 6.45) is 11.2. The van der Waals surface area contributed by atoms with E-state index in [-0.39, 0.29) is 11.5 Å². The fourth-order valence-corrected chi connectivity index (χ4v) is 5.38. The van der Waals surface area contributed by atoms with Gasteiger partial charge in [0.15, 0.2) is 0 Å². The maximum absolute atomic E-state index is 13.3. The van der Waals surface area contributed by atoms with Crippen molar-refractivity contribution in [3.05, 3.63) is 45.2 Å². The lowest BCUT2D eigenvalue weighted by Crippen LogP contribution is -2.29. The molecule has 2 saturated heterocycles. The third kappa shape index (κ3) is 4.70. The Morgan fingerprint density at radius 1 is 1.13 bits per heavy atom. The second-order valence-corrected chi connectivity index (χ2v) is 9.70. The molecule has 0 radical (unpaired) electrons. The van der Waals surface area contributed by atoms with Gasteiger partial charge in [-0.1, -0.05) is 62.7 Å². The maximum atomic E-state index is 13.3. The monoisotopic (exact) mass is 456 g/mol. The van der Waals surface area contributed by atoms with Crippen molar-refractivity contribution in [2.24, 2.45) is 0 Å². The van der Waals surface area contributed by atoms with Crippen LogP contribution in [0, 0.1) is 0 Å². The molecule has 4 heterocycles. The summed E-state index contributed by atoms with van der Waals surface area (Å²) in [7, 11) is 0. The van der Waals surface area contributed by atoms with Gasteiger partial charge < -0.3 is 4.90 Å². The molecule has 2 aliphatic rings. The number of thiocarbonyl (C=S) groups is 1. The van der Waals surface area contributed by atoms with Crippen molar-refractivity contribution < 1.29 is 4.79 Å². The number of nitrogens with zero attached hydrogens (tertiary/aromatic N) is 4. The Bertz CT molecular complexity index is 1070. The number of amides is 1. The normalized spacial score (nSPS) is 18.2. The number of carbonyl (C=O) groups is 1. The van der Waals surface area contributed by atoms with Crippen LogP contribution in [-0.2, 0) is 4.79 Å². The van der Waals surface area contributed by atoms with Gasteiger partial charge in [0.05, 0.1) is 10.5 Å². The van der Waals surface area contributed by atoms with Gasteiger partial charge in [-0.3, -0.25) is 18.9 Å². The van der Waals surface area contributed by atoms with Gasteiger partial charge in [-0.25, -0.2) is 4.98 Å². The van der Waals surface area contributed by atoms with Crippen molar-refractivity contribution in [2.75, 3.05) is 24.5 Å². The number of carbonyl (C=O) groups excluding carboxylic acids is 1. The summed E-state index contributed by atoms with van der Waals surface area (Å²) in [5, 5.41) is 0. The minimum atomic E-state index is -0.155. The molecular formula is C23H28N4O2S2. The first kappa shape index (κ1) is 22.0. The van der Waals surface area contributed by atoms with Crippen molar-refractivity contribution >= 4 is 51.7 Å². The van der Waals surface area contributed by atoms with Gasteiger partial charge in [0.1, 0.15) is 15.8 Å². The van der Waals surface area contributed by atoms with Crippen LogP contribution >= 0.6 is 24.0 Å². The van der Waals surface area contributed by atoms with Gasteiger partial charge in [-0.15, -0.1) is 0 Å². The van der Waals surface area contributed by atoms with Crippen LogP contribution in [0.2, 0.25) is 0 Å². The number of anilines is 1. The predicted octanol–water partition coefficient (Wildman–Crippen LogP) is 4.47. The number of thioether (sulfide) groups is 1. The summed E-state index contributed by atoms with van der Waals surface area (Å²) in [6.45, 7) is 4.57. The molecule has 2 aromatic rings. The van der Waals surface area contributed by atoms with Crippen LogP contribution in [-0.4, -0.2) is 44.1 Å². The van der Waals surface area contributed by atoms with E-state index in [1.807, 2.05) is 18.2 Å². The van der Waals surface area contributed by atoms with Crippen LogP contribution in [0.1, 0.15) is 57.4 Å². The zero-order chi connectivity index (χ0) is 21.8. The van der Waals surface area contributed by atoms with E-state index in [0.717, 1.165) is 38.8 Å². The van der Waals surface area contributed by atoms with Crippen LogP contribution in [0.15, 0.2) is 34.1 Å². The first-order chi connectivity index (χ1) is 15.1. The number of hydrogen-bond donors (Lipinski definition) is 0. The number of pyridine rings is 1. The van der Waals surface area contributed by atoms with E-state index in [1.54, 1.807) is 21.6 Å². The molecule has 0 spiro atoms. The Morgan fingerprint density at radius 2 is 1.90 bits per heavy atom. The van der Waals surface area contributed by atoms with E-state index >= 15 is 0 Å². The number of aromatic nitrogens is 2. The van der Waals surface area contributed by atoms with Crippen molar-refractivity contribution in [1.29, 1.82) is 0 Å². The molecular weight excluding hydrogens is 428 g/mol. The van der Waals surface area contributed by atoms with Gasteiger partial charge in [0, 0.05) is 25.8 Å². The first-order valence-electron chi connectivity index (χ1n) is 11.1. The molecule has 1 amide bonds. The Labute approximate surface area is 192 Å². The standard InChI is InChI=1S/C23H28N4O2S2/c1-2-3-4-5-7-15-27-22(29)18(31-23(27)30)16-17-20(25-12-9-10-13-25)24-19-11-6-8-14-26(19)21(17)28/h6,8,11,14,16H,2-5,7,9-10,12-13,15H2,1H3/b18-16-. The lowest BCUT2D eigenvalue weighted by atomic mass is 10.1. The number of hydrogen-bond acceptors (Lipinski definition) is 6. The average Bonchev–Trinajstić information content (AvgIpc) is 3.39. The quantitative estimate of drug-likeness (QED) is 0.332. The molecule has 0 aliphatic carbocycles. The molecule has 0 aromatic carbocycles. The Kier molecular flexibility index (Phi) is 7.07. The molecule has 6 nitrogen and oxygen atoms in total. The average molecular weight is 457 g/mol. The van der Waals surface area contributed by atoms with Crippen LogP contribution in [0.3, 0.4) is 0 Å². The summed E-state index contributed by atoms with van der Waals surface area (Å²) in [4.78, 5) is 35.5. The smallest absolute Gasteiger partial charge is 0.267 e. The highest BCUT2D eigenvalue weighted by atomic mass is 32.2. The number of fused-ring (bicyclic) bond motifs is 1. The SMILES string of the molecule is CCCCCCCN1C(=O)/C(=C/c2c(N3CCCC3)nc3ccccn3c2=O)SC1=S. The molecule has 164 valence electrons. The van der Waals surface area contributed by atoms with Crippen molar-refractivity contribution in [2.45, 2.75) is 51.9 Å². The zero-order valence-electron chi connectivity index (χ0n) is 17.9. The van der Waals surface area contributed by atoms with Crippen LogP contribution in [0.5, 0.6) is 0 Å². The molecule has 2 aromatic heterocycles. The largest absolute Gasteiger partial charge is 0.356 e. The molecule has 0 saturated carbocycles. The molecule has 2 aliphatic heterocycles. The zero-order valence-corrected chi connectivity index (χ0v) is 19.5. The topological polar surface area (TPSA) is 57.9 Å². The van der Waals surface area contributed by atoms with E-state index in [4.69, 9.17) is 17.2 Å². The summed E-state index contributed by atoms with van der Waals surface area (Å²) < 4.78 is 2.11. The molecule has 0 atom stereocenters. The molecule has 8 heteroatoms. The number of unbranched alkanes of at least 4 members (excludes halogenated alkanes) is 4. The minimum absolute atomic E-state index is 0.101. The molecule has 0 N–H and O–H groups in total. The molecule has 0 unspecified atom stereocenters. The van der Waals surface area contributed by atoms with Gasteiger partial charge >= 0.3 is 0 Å². The van der Waals surface area contributed by atoms with Gasteiger partial charge in [0.2, 0.25) is 0 Å². The van der Waals surface area contributed by atoms with Gasteiger partial charge in [-0.2, -0.15) is 0 Å². The van der Waals surface area contributed by atoms with Crippen LogP contribution in [0.25, 0.3) is 11.7 Å². The highest BCUT2D eigenvalue weighted by Crippen LogP contribution is 2.34.